The van der Waals surface area contributed by atoms with Gasteiger partial charge in [-0.25, -0.2) is 0 Å². The first-order chi connectivity index (χ1) is 9.60. The molecule has 0 aliphatic heterocycles. The van der Waals surface area contributed by atoms with E-state index in [4.69, 9.17) is 14.6 Å². The molecule has 4 N–H and O–H groups in total. The summed E-state index contributed by atoms with van der Waals surface area (Å²) in [5.74, 6) is 0.223. The molecule has 0 spiro atoms. The van der Waals surface area contributed by atoms with Crippen LogP contribution in [-0.2, 0) is 9.53 Å². The predicted molar refractivity (Wildman–Crippen MR) is 75.1 cm³/mol. The van der Waals surface area contributed by atoms with Crippen LogP contribution in [0.2, 0.25) is 0 Å². The quantitative estimate of drug-likeness (QED) is 0.538. The summed E-state index contributed by atoms with van der Waals surface area (Å²) in [5.41, 5.74) is 1.18. The SMILES string of the molecule is COCC(=O)Nc1cc(NCC(O)CO)ccc1OC. The molecule has 1 aromatic carbocycles. The topological polar surface area (TPSA) is 100 Å². The van der Waals surface area contributed by atoms with Crippen LogP contribution >= 0.6 is 0 Å². The van der Waals surface area contributed by atoms with E-state index in [-0.39, 0.29) is 25.7 Å². The van der Waals surface area contributed by atoms with Crippen LogP contribution in [0.15, 0.2) is 18.2 Å². The van der Waals surface area contributed by atoms with Crippen LogP contribution in [0.4, 0.5) is 11.4 Å². The number of aliphatic hydroxyl groups excluding tert-OH is 2. The van der Waals surface area contributed by atoms with E-state index in [1.807, 2.05) is 0 Å². The van der Waals surface area contributed by atoms with Crippen molar-refractivity contribution in [2.45, 2.75) is 6.10 Å². The standard InChI is InChI=1S/C13H20N2O5/c1-19-8-13(18)15-11-5-9(3-4-12(11)20-2)14-6-10(17)7-16/h3-5,10,14,16-17H,6-8H2,1-2H3,(H,15,18). The van der Waals surface area contributed by atoms with Gasteiger partial charge in [-0.1, -0.05) is 0 Å². The van der Waals surface area contributed by atoms with Crippen molar-refractivity contribution >= 4 is 17.3 Å². The highest BCUT2D eigenvalue weighted by molar-refractivity contribution is 5.93. The van der Waals surface area contributed by atoms with Gasteiger partial charge in [-0.2, -0.15) is 0 Å². The number of anilines is 2. The Bertz CT molecular complexity index is 439. The summed E-state index contributed by atoms with van der Waals surface area (Å²) >= 11 is 0. The van der Waals surface area contributed by atoms with E-state index in [0.717, 1.165) is 0 Å². The van der Waals surface area contributed by atoms with Gasteiger partial charge in [-0.05, 0) is 18.2 Å². The molecule has 1 atom stereocenters. The second kappa shape index (κ2) is 8.36. The summed E-state index contributed by atoms with van der Waals surface area (Å²) in [6.45, 7) is -0.168. The molecule has 0 aromatic heterocycles. The van der Waals surface area contributed by atoms with Crippen molar-refractivity contribution in [1.82, 2.24) is 0 Å². The third-order valence-electron chi connectivity index (χ3n) is 2.50. The Balaban J connectivity index is 2.77. The van der Waals surface area contributed by atoms with E-state index in [2.05, 4.69) is 10.6 Å². The second-order valence-corrected chi connectivity index (χ2v) is 4.11. The van der Waals surface area contributed by atoms with E-state index in [9.17, 15) is 9.90 Å². The van der Waals surface area contributed by atoms with Crippen LogP contribution in [0.5, 0.6) is 5.75 Å². The molecule has 1 rings (SSSR count). The monoisotopic (exact) mass is 284 g/mol. The number of benzene rings is 1. The van der Waals surface area contributed by atoms with Crippen LogP contribution in [-0.4, -0.2) is 56.2 Å². The van der Waals surface area contributed by atoms with Crippen molar-refractivity contribution < 1.29 is 24.5 Å². The van der Waals surface area contributed by atoms with Gasteiger partial charge in [0, 0.05) is 19.3 Å². The molecule has 1 aromatic rings. The lowest BCUT2D eigenvalue weighted by molar-refractivity contribution is -0.119. The third kappa shape index (κ3) is 5.04. The van der Waals surface area contributed by atoms with Crippen molar-refractivity contribution in [3.63, 3.8) is 0 Å². The second-order valence-electron chi connectivity index (χ2n) is 4.11. The van der Waals surface area contributed by atoms with Crippen LogP contribution in [0.25, 0.3) is 0 Å². The average molecular weight is 284 g/mol. The number of methoxy groups -OCH3 is 2. The van der Waals surface area contributed by atoms with Crippen LogP contribution in [0, 0.1) is 0 Å². The molecule has 1 amide bonds. The molecule has 7 heteroatoms. The number of hydrogen-bond donors (Lipinski definition) is 4. The Labute approximate surface area is 117 Å². The molecule has 0 bridgehead atoms. The van der Waals surface area contributed by atoms with Gasteiger partial charge in [0.15, 0.2) is 0 Å². The summed E-state index contributed by atoms with van der Waals surface area (Å²) in [6, 6.07) is 5.11. The van der Waals surface area contributed by atoms with Crippen LogP contribution < -0.4 is 15.4 Å². The minimum Gasteiger partial charge on any atom is -0.495 e. The van der Waals surface area contributed by atoms with Crippen molar-refractivity contribution in [1.29, 1.82) is 0 Å². The van der Waals surface area contributed by atoms with Gasteiger partial charge < -0.3 is 30.3 Å². The summed E-state index contributed by atoms with van der Waals surface area (Å²) in [4.78, 5) is 11.5. The number of amides is 1. The first-order valence-corrected chi connectivity index (χ1v) is 6.10. The molecule has 7 nitrogen and oxygen atoms in total. The Morgan fingerprint density at radius 3 is 2.75 bits per heavy atom. The number of hydrogen-bond acceptors (Lipinski definition) is 6. The highest BCUT2D eigenvalue weighted by atomic mass is 16.5. The number of carbonyl (C=O) groups excluding carboxylic acids is 1. The molecule has 0 saturated carbocycles. The maximum atomic E-state index is 11.5. The van der Waals surface area contributed by atoms with Gasteiger partial charge in [0.2, 0.25) is 5.91 Å². The van der Waals surface area contributed by atoms with Crippen LogP contribution in [0.1, 0.15) is 0 Å². The zero-order valence-electron chi connectivity index (χ0n) is 11.5. The van der Waals surface area contributed by atoms with Crippen molar-refractivity contribution in [3.05, 3.63) is 18.2 Å². The zero-order chi connectivity index (χ0) is 15.0. The lowest BCUT2D eigenvalue weighted by atomic mass is 10.2. The maximum Gasteiger partial charge on any atom is 0.250 e. The molecule has 0 fully saturated rings. The van der Waals surface area contributed by atoms with E-state index >= 15 is 0 Å². The van der Waals surface area contributed by atoms with Gasteiger partial charge in [0.25, 0.3) is 0 Å². The summed E-state index contributed by atoms with van der Waals surface area (Å²) in [6.07, 6.45) is -0.844. The Morgan fingerprint density at radius 1 is 1.40 bits per heavy atom. The largest absolute Gasteiger partial charge is 0.495 e. The Morgan fingerprint density at radius 2 is 2.15 bits per heavy atom. The number of nitrogens with one attached hydrogen (secondary N) is 2. The molecule has 0 saturated heterocycles. The van der Waals surface area contributed by atoms with Crippen LogP contribution in [0.3, 0.4) is 0 Å². The molecular formula is C13H20N2O5. The Kier molecular flexibility index (Phi) is 6.78. The van der Waals surface area contributed by atoms with Crippen molar-refractivity contribution in [2.24, 2.45) is 0 Å². The summed E-state index contributed by atoms with van der Waals surface area (Å²) < 4.78 is 9.90. The number of carbonyl (C=O) groups is 1. The highest BCUT2D eigenvalue weighted by Crippen LogP contribution is 2.27. The third-order valence-corrected chi connectivity index (χ3v) is 2.50. The zero-order valence-corrected chi connectivity index (χ0v) is 11.5. The normalized spacial score (nSPS) is 11.8. The molecule has 112 valence electrons. The van der Waals surface area contributed by atoms with Crippen molar-refractivity contribution in [2.75, 3.05) is 44.6 Å². The predicted octanol–water partition coefficient (Wildman–Crippen LogP) is 0.0452. The molecule has 0 aliphatic carbocycles. The fraction of sp³-hybridized carbons (Fsp3) is 0.462. The van der Waals surface area contributed by atoms with Gasteiger partial charge in [-0.15, -0.1) is 0 Å². The van der Waals surface area contributed by atoms with Crippen molar-refractivity contribution in [3.8, 4) is 5.75 Å². The smallest absolute Gasteiger partial charge is 0.250 e. The van der Waals surface area contributed by atoms with E-state index in [1.165, 1.54) is 14.2 Å². The summed E-state index contributed by atoms with van der Waals surface area (Å²) in [7, 11) is 2.94. The fourth-order valence-corrected chi connectivity index (χ4v) is 1.53. The average Bonchev–Trinajstić information content (AvgIpc) is 2.45. The minimum absolute atomic E-state index is 0.0516. The first kappa shape index (κ1) is 16.2. The summed E-state index contributed by atoms with van der Waals surface area (Å²) in [5, 5.41) is 23.6. The highest BCUT2D eigenvalue weighted by Gasteiger charge is 2.09. The number of ether oxygens (including phenoxy) is 2. The van der Waals surface area contributed by atoms with Gasteiger partial charge in [0.05, 0.1) is 25.5 Å². The first-order valence-electron chi connectivity index (χ1n) is 6.10. The number of aliphatic hydroxyl groups is 2. The van der Waals surface area contributed by atoms with Gasteiger partial charge >= 0.3 is 0 Å². The van der Waals surface area contributed by atoms with E-state index < -0.39 is 6.10 Å². The van der Waals surface area contributed by atoms with Gasteiger partial charge in [-0.3, -0.25) is 4.79 Å². The molecule has 0 aliphatic rings. The van der Waals surface area contributed by atoms with Gasteiger partial charge in [0.1, 0.15) is 12.4 Å². The lowest BCUT2D eigenvalue weighted by Crippen LogP contribution is -2.23. The minimum atomic E-state index is -0.844. The molecule has 1 unspecified atom stereocenters. The molecular weight excluding hydrogens is 264 g/mol. The maximum absolute atomic E-state index is 11.5. The molecule has 0 radical (unpaired) electrons. The lowest BCUT2D eigenvalue weighted by Gasteiger charge is -2.14. The number of rotatable bonds is 8. The molecule has 20 heavy (non-hydrogen) atoms. The fourth-order valence-electron chi connectivity index (χ4n) is 1.53. The van der Waals surface area contributed by atoms with E-state index in [1.54, 1.807) is 18.2 Å². The Hall–Kier alpha value is -1.83. The molecule has 0 heterocycles. The van der Waals surface area contributed by atoms with E-state index in [0.29, 0.717) is 17.1 Å².